The molecule has 0 bridgehead atoms. The summed E-state index contributed by atoms with van der Waals surface area (Å²) in [4.78, 5) is 21.0. The van der Waals surface area contributed by atoms with Gasteiger partial charge in [-0.25, -0.2) is 14.6 Å². The smallest absolute Gasteiger partial charge is 0.190 e. The van der Waals surface area contributed by atoms with Gasteiger partial charge in [0.25, 0.3) is 0 Å². The topological polar surface area (TPSA) is 84.5 Å². The highest BCUT2D eigenvalue weighted by molar-refractivity contribution is 6.35. The minimum Gasteiger partial charge on any atom is -0.299 e. The van der Waals surface area contributed by atoms with Crippen LogP contribution in [0.15, 0.2) is 30.5 Å². The molecule has 0 radical (unpaired) electrons. The second-order valence-corrected chi connectivity index (χ2v) is 7.96. The number of hydrogen-bond donors (Lipinski definition) is 0. The van der Waals surface area contributed by atoms with Gasteiger partial charge < -0.3 is 0 Å². The van der Waals surface area contributed by atoms with Crippen LogP contribution in [-0.2, 0) is 4.79 Å². The molecule has 0 amide bonds. The Balaban J connectivity index is 1.85. The van der Waals surface area contributed by atoms with E-state index < -0.39 is 0 Å². The molecule has 29 heavy (non-hydrogen) atoms. The van der Waals surface area contributed by atoms with Crippen molar-refractivity contribution < 1.29 is 4.79 Å². The molecule has 2 aromatic heterocycles. The van der Waals surface area contributed by atoms with Crippen LogP contribution in [0.2, 0.25) is 10.0 Å². The Morgan fingerprint density at radius 2 is 2.10 bits per heavy atom. The summed E-state index contributed by atoms with van der Waals surface area (Å²) in [5.41, 5.74) is 3.63. The third-order valence-corrected chi connectivity index (χ3v) is 5.78. The van der Waals surface area contributed by atoms with Gasteiger partial charge >= 0.3 is 0 Å². The average molecular weight is 426 g/mol. The summed E-state index contributed by atoms with van der Waals surface area (Å²) in [5, 5.41) is 15.0. The van der Waals surface area contributed by atoms with E-state index in [1.807, 2.05) is 26.0 Å². The summed E-state index contributed by atoms with van der Waals surface area (Å²) >= 11 is 12.4. The van der Waals surface area contributed by atoms with Gasteiger partial charge in [-0.15, -0.1) is 0 Å². The third kappa shape index (κ3) is 3.52. The zero-order valence-electron chi connectivity index (χ0n) is 15.9. The maximum absolute atomic E-state index is 11.8. The predicted molar refractivity (Wildman–Crippen MR) is 112 cm³/mol. The van der Waals surface area contributed by atoms with Crippen molar-refractivity contribution in [3.8, 4) is 6.07 Å². The van der Waals surface area contributed by atoms with E-state index in [-0.39, 0.29) is 23.4 Å². The molecule has 0 fully saturated rings. The number of aromatic nitrogens is 4. The molecule has 0 spiro atoms. The summed E-state index contributed by atoms with van der Waals surface area (Å²) in [6.45, 7) is 3.81. The van der Waals surface area contributed by atoms with Crippen LogP contribution >= 0.6 is 23.2 Å². The van der Waals surface area contributed by atoms with Crippen molar-refractivity contribution in [2.24, 2.45) is 5.92 Å². The van der Waals surface area contributed by atoms with Crippen molar-refractivity contribution in [1.82, 2.24) is 19.7 Å². The number of hydrogen-bond acceptors (Lipinski definition) is 5. The van der Waals surface area contributed by atoms with Gasteiger partial charge in [-0.1, -0.05) is 42.3 Å². The van der Waals surface area contributed by atoms with Crippen LogP contribution in [0.1, 0.15) is 49.7 Å². The van der Waals surface area contributed by atoms with Gasteiger partial charge in [0.05, 0.1) is 17.9 Å². The van der Waals surface area contributed by atoms with Gasteiger partial charge in [-0.3, -0.25) is 4.79 Å². The molecule has 0 saturated carbocycles. The van der Waals surface area contributed by atoms with E-state index >= 15 is 0 Å². The Kier molecular flexibility index (Phi) is 5.12. The number of carbonyl (C=O) groups is 1. The fourth-order valence-electron chi connectivity index (χ4n) is 3.56. The van der Waals surface area contributed by atoms with E-state index in [0.717, 1.165) is 11.1 Å². The van der Waals surface area contributed by atoms with Crippen LogP contribution in [0.3, 0.4) is 0 Å². The van der Waals surface area contributed by atoms with Crippen molar-refractivity contribution >= 4 is 45.7 Å². The van der Waals surface area contributed by atoms with Crippen molar-refractivity contribution in [3.05, 3.63) is 57.5 Å². The quantitative estimate of drug-likeness (QED) is 0.589. The molecular formula is C21H17Cl2N5O. The molecule has 0 N–H and O–H groups in total. The summed E-state index contributed by atoms with van der Waals surface area (Å²) in [7, 11) is 0. The molecule has 1 unspecified atom stereocenters. The van der Waals surface area contributed by atoms with E-state index in [0.29, 0.717) is 39.7 Å². The molecule has 1 aliphatic rings. The first-order valence-corrected chi connectivity index (χ1v) is 9.98. The monoisotopic (exact) mass is 425 g/mol. The number of rotatable bonds is 3. The summed E-state index contributed by atoms with van der Waals surface area (Å²) in [6, 6.07) is 7.08. The van der Waals surface area contributed by atoms with Crippen LogP contribution in [0.5, 0.6) is 0 Å². The number of ketones is 1. The molecule has 0 aliphatic heterocycles. The number of fused-ring (bicyclic) bond motifs is 1. The Hall–Kier alpha value is -2.75. The van der Waals surface area contributed by atoms with E-state index in [9.17, 15) is 10.1 Å². The number of carbonyl (C=O) groups excluding carboxylic acids is 1. The number of nitriles is 1. The largest absolute Gasteiger partial charge is 0.299 e. The Morgan fingerprint density at radius 1 is 1.31 bits per heavy atom. The zero-order chi connectivity index (χ0) is 20.7. The fourth-order valence-corrected chi connectivity index (χ4v) is 4.12. The number of halogens is 2. The minimum atomic E-state index is -0.283. The minimum absolute atomic E-state index is 0.136. The van der Waals surface area contributed by atoms with Gasteiger partial charge in [0.1, 0.15) is 17.4 Å². The highest BCUT2D eigenvalue weighted by Crippen LogP contribution is 2.32. The Morgan fingerprint density at radius 3 is 2.79 bits per heavy atom. The van der Waals surface area contributed by atoms with Crippen molar-refractivity contribution in [2.45, 2.75) is 32.7 Å². The van der Waals surface area contributed by atoms with Crippen LogP contribution < -0.4 is 0 Å². The van der Waals surface area contributed by atoms with Crippen molar-refractivity contribution in [1.29, 1.82) is 5.26 Å². The first-order chi connectivity index (χ1) is 13.9. The number of Topliss-reactive ketones (excluding diaryl/α,β-unsaturated/α-hetero) is 1. The molecule has 2 atom stereocenters. The second kappa shape index (κ2) is 7.58. The van der Waals surface area contributed by atoms with Crippen LogP contribution in [0.4, 0.5) is 0 Å². The van der Waals surface area contributed by atoms with Crippen LogP contribution in [0.25, 0.3) is 16.7 Å². The van der Waals surface area contributed by atoms with Gasteiger partial charge in [0.2, 0.25) is 0 Å². The molecule has 0 saturated heterocycles. The standard InChI is InChI=1S/C21H17Cl2N5O/c1-11-7-13(3-6-19(11)29)18-10-25-20-17(9-24)27-28(21(20)26-18)12(2)15-5-4-14(22)8-16(15)23/h4-5,7-8,10-12H,3,6H2,1-2H3/t11?,12-/m1/s1. The maximum Gasteiger partial charge on any atom is 0.190 e. The number of benzene rings is 1. The Labute approximate surface area is 177 Å². The zero-order valence-corrected chi connectivity index (χ0v) is 17.4. The fraction of sp³-hybridized carbons (Fsp3) is 0.286. The molecular weight excluding hydrogens is 409 g/mol. The summed E-state index contributed by atoms with van der Waals surface area (Å²) < 4.78 is 1.66. The van der Waals surface area contributed by atoms with Gasteiger partial charge in [-0.05, 0) is 36.6 Å². The van der Waals surface area contributed by atoms with E-state index in [2.05, 4.69) is 16.2 Å². The van der Waals surface area contributed by atoms with E-state index in [1.54, 1.807) is 23.0 Å². The van der Waals surface area contributed by atoms with Gasteiger partial charge in [0, 0.05) is 22.4 Å². The normalized spacial score (nSPS) is 17.8. The number of nitrogens with zero attached hydrogens (tertiary/aromatic N) is 5. The molecule has 146 valence electrons. The average Bonchev–Trinajstić information content (AvgIpc) is 3.07. The number of allylic oxidation sites excluding steroid dienone is 2. The molecule has 1 aromatic carbocycles. The van der Waals surface area contributed by atoms with Crippen LogP contribution in [-0.4, -0.2) is 25.5 Å². The van der Waals surface area contributed by atoms with Crippen molar-refractivity contribution in [2.75, 3.05) is 0 Å². The Bertz CT molecular complexity index is 1210. The highest BCUT2D eigenvalue weighted by Gasteiger charge is 2.23. The molecule has 6 nitrogen and oxygen atoms in total. The summed E-state index contributed by atoms with van der Waals surface area (Å²) in [5.74, 6) is 0.0909. The van der Waals surface area contributed by atoms with E-state index in [4.69, 9.17) is 28.2 Å². The van der Waals surface area contributed by atoms with Gasteiger partial charge in [-0.2, -0.15) is 10.4 Å². The SMILES string of the molecule is CC1C=C(c2cnc3c(C#N)nn([C@H](C)c4ccc(Cl)cc4Cl)c3n2)CCC1=O. The lowest BCUT2D eigenvalue weighted by molar-refractivity contribution is -0.121. The summed E-state index contributed by atoms with van der Waals surface area (Å²) in [6.07, 6.45) is 4.70. The third-order valence-electron chi connectivity index (χ3n) is 5.22. The lowest BCUT2D eigenvalue weighted by Gasteiger charge is -2.17. The molecule has 4 rings (SSSR count). The molecule has 2 heterocycles. The van der Waals surface area contributed by atoms with Gasteiger partial charge in [0.15, 0.2) is 11.3 Å². The molecule has 8 heteroatoms. The first-order valence-electron chi connectivity index (χ1n) is 9.23. The van der Waals surface area contributed by atoms with Crippen LogP contribution in [0, 0.1) is 17.2 Å². The molecule has 3 aromatic rings. The van der Waals surface area contributed by atoms with E-state index in [1.165, 1.54) is 0 Å². The lowest BCUT2D eigenvalue weighted by Crippen LogP contribution is -2.14. The maximum atomic E-state index is 11.8. The second-order valence-electron chi connectivity index (χ2n) is 7.12. The highest BCUT2D eigenvalue weighted by atomic mass is 35.5. The lowest BCUT2D eigenvalue weighted by atomic mass is 9.89. The predicted octanol–water partition coefficient (Wildman–Crippen LogP) is 5.00. The van der Waals surface area contributed by atoms with Crippen molar-refractivity contribution in [3.63, 3.8) is 0 Å². The molecule has 1 aliphatic carbocycles. The first kappa shape index (κ1) is 19.6.